The standard InChI is InChI=1S/C23H34N2/c1-18(16-19-10-7-6-8-11-19)25(5)22-14-13-21(23(2,3)4)17-20(22)12-9-15-24/h6-8,10-11,18,21H,9,12-14,16-17H2,1-5H3/t18-,21-/m1/s1. The minimum absolute atomic E-state index is 0.345. The molecule has 1 aromatic carbocycles. The van der Waals surface area contributed by atoms with E-state index in [4.69, 9.17) is 5.26 Å². The summed E-state index contributed by atoms with van der Waals surface area (Å²) in [5.41, 5.74) is 4.76. The van der Waals surface area contributed by atoms with E-state index in [2.05, 4.69) is 76.0 Å². The van der Waals surface area contributed by atoms with E-state index in [9.17, 15) is 0 Å². The summed E-state index contributed by atoms with van der Waals surface area (Å²) in [5.74, 6) is 0.725. The van der Waals surface area contributed by atoms with Crippen LogP contribution in [0.2, 0.25) is 0 Å². The van der Waals surface area contributed by atoms with Crippen molar-refractivity contribution in [1.29, 1.82) is 5.26 Å². The van der Waals surface area contributed by atoms with Gasteiger partial charge in [0.05, 0.1) is 6.07 Å². The van der Waals surface area contributed by atoms with Crippen LogP contribution in [0.3, 0.4) is 0 Å². The molecule has 2 heteroatoms. The highest BCUT2D eigenvalue weighted by molar-refractivity contribution is 5.21. The molecule has 0 N–H and O–H groups in total. The molecular formula is C23H34N2. The third kappa shape index (κ3) is 5.36. The zero-order chi connectivity index (χ0) is 18.4. The SMILES string of the molecule is C[C@H](Cc1ccccc1)N(C)C1=C(CCC#N)C[C@H](C(C)(C)C)CC1. The first kappa shape index (κ1) is 19.6. The highest BCUT2D eigenvalue weighted by Crippen LogP contribution is 2.42. The zero-order valence-corrected chi connectivity index (χ0v) is 16.7. The number of hydrogen-bond donors (Lipinski definition) is 0. The Balaban J connectivity index is 2.16. The van der Waals surface area contributed by atoms with Crippen LogP contribution < -0.4 is 0 Å². The topological polar surface area (TPSA) is 27.0 Å². The Kier molecular flexibility index (Phi) is 6.71. The lowest BCUT2D eigenvalue weighted by molar-refractivity contribution is 0.194. The number of hydrogen-bond acceptors (Lipinski definition) is 2. The average Bonchev–Trinajstić information content (AvgIpc) is 2.59. The van der Waals surface area contributed by atoms with Gasteiger partial charge in [-0.2, -0.15) is 5.26 Å². The first-order valence-electron chi connectivity index (χ1n) is 9.67. The zero-order valence-electron chi connectivity index (χ0n) is 16.7. The van der Waals surface area contributed by atoms with Crippen LogP contribution in [0.25, 0.3) is 0 Å². The van der Waals surface area contributed by atoms with Crippen LogP contribution in [0.15, 0.2) is 41.6 Å². The van der Waals surface area contributed by atoms with Crippen LogP contribution in [0.1, 0.15) is 65.4 Å². The normalized spacial score (nSPS) is 19.4. The van der Waals surface area contributed by atoms with Gasteiger partial charge in [-0.15, -0.1) is 0 Å². The number of benzene rings is 1. The van der Waals surface area contributed by atoms with Crippen LogP contribution in [0, 0.1) is 22.7 Å². The van der Waals surface area contributed by atoms with Gasteiger partial charge in [-0.25, -0.2) is 0 Å². The summed E-state index contributed by atoms with van der Waals surface area (Å²) < 4.78 is 0. The lowest BCUT2D eigenvalue weighted by Crippen LogP contribution is -2.34. The van der Waals surface area contributed by atoms with Gasteiger partial charge in [-0.3, -0.25) is 0 Å². The number of nitrogens with zero attached hydrogens (tertiary/aromatic N) is 2. The van der Waals surface area contributed by atoms with Crippen molar-refractivity contribution in [3.05, 3.63) is 47.2 Å². The third-order valence-electron chi connectivity index (χ3n) is 5.85. The van der Waals surface area contributed by atoms with E-state index in [1.165, 1.54) is 23.3 Å². The van der Waals surface area contributed by atoms with Crippen molar-refractivity contribution in [2.24, 2.45) is 11.3 Å². The fourth-order valence-electron chi connectivity index (χ4n) is 3.98. The molecule has 0 fully saturated rings. The van der Waals surface area contributed by atoms with Crippen molar-refractivity contribution in [2.75, 3.05) is 7.05 Å². The Morgan fingerprint density at radius 3 is 2.52 bits per heavy atom. The molecule has 0 radical (unpaired) electrons. The van der Waals surface area contributed by atoms with Crippen molar-refractivity contribution in [3.8, 4) is 6.07 Å². The molecule has 0 heterocycles. The Hall–Kier alpha value is -1.75. The number of allylic oxidation sites excluding steroid dienone is 2. The molecule has 0 unspecified atom stereocenters. The van der Waals surface area contributed by atoms with Gasteiger partial charge in [0.2, 0.25) is 0 Å². The van der Waals surface area contributed by atoms with Gasteiger partial charge in [0.15, 0.2) is 0 Å². The quantitative estimate of drug-likeness (QED) is 0.640. The molecule has 0 amide bonds. The maximum Gasteiger partial charge on any atom is 0.0625 e. The Morgan fingerprint density at radius 1 is 1.24 bits per heavy atom. The second-order valence-corrected chi connectivity index (χ2v) is 8.66. The maximum atomic E-state index is 9.07. The van der Waals surface area contributed by atoms with Gasteiger partial charge >= 0.3 is 0 Å². The summed E-state index contributed by atoms with van der Waals surface area (Å²) in [5, 5.41) is 9.07. The third-order valence-corrected chi connectivity index (χ3v) is 5.85. The molecule has 2 nitrogen and oxygen atoms in total. The molecule has 0 aliphatic heterocycles. The van der Waals surface area contributed by atoms with Crippen LogP contribution in [0.5, 0.6) is 0 Å². The molecule has 0 saturated carbocycles. The summed E-state index contributed by atoms with van der Waals surface area (Å²) in [6, 6.07) is 13.6. The summed E-state index contributed by atoms with van der Waals surface area (Å²) in [7, 11) is 2.24. The van der Waals surface area contributed by atoms with Crippen LogP contribution in [-0.4, -0.2) is 18.0 Å². The van der Waals surface area contributed by atoms with Crippen molar-refractivity contribution >= 4 is 0 Å². The van der Waals surface area contributed by atoms with Gasteiger partial charge in [-0.1, -0.05) is 51.1 Å². The Labute approximate surface area is 154 Å². The monoisotopic (exact) mass is 338 g/mol. The number of likely N-dealkylation sites (N-methyl/N-ethyl adjacent to an activating group) is 1. The largest absolute Gasteiger partial charge is 0.375 e. The maximum absolute atomic E-state index is 9.07. The summed E-state index contributed by atoms with van der Waals surface area (Å²) >= 11 is 0. The van der Waals surface area contributed by atoms with Crippen molar-refractivity contribution in [3.63, 3.8) is 0 Å². The van der Waals surface area contributed by atoms with Crippen LogP contribution >= 0.6 is 0 Å². The molecule has 0 spiro atoms. The lowest BCUT2D eigenvalue weighted by Gasteiger charge is -2.40. The fraction of sp³-hybridized carbons (Fsp3) is 0.609. The number of nitriles is 1. The Morgan fingerprint density at radius 2 is 1.92 bits per heavy atom. The molecular weight excluding hydrogens is 304 g/mol. The summed E-state index contributed by atoms with van der Waals surface area (Å²) in [4.78, 5) is 2.48. The Bertz CT molecular complexity index is 616. The highest BCUT2D eigenvalue weighted by Gasteiger charge is 2.31. The molecule has 2 atom stereocenters. The van der Waals surface area contributed by atoms with Crippen LogP contribution in [-0.2, 0) is 6.42 Å². The molecule has 0 saturated heterocycles. The van der Waals surface area contributed by atoms with E-state index in [1.54, 1.807) is 0 Å². The fourth-order valence-corrected chi connectivity index (χ4v) is 3.98. The van der Waals surface area contributed by atoms with Gasteiger partial charge in [0.25, 0.3) is 0 Å². The van der Waals surface area contributed by atoms with Gasteiger partial charge in [-0.05, 0) is 61.5 Å². The first-order chi connectivity index (χ1) is 11.8. The second kappa shape index (κ2) is 8.56. The van der Waals surface area contributed by atoms with E-state index in [0.29, 0.717) is 17.9 Å². The van der Waals surface area contributed by atoms with Crippen LogP contribution in [0.4, 0.5) is 0 Å². The molecule has 2 rings (SSSR count). The van der Waals surface area contributed by atoms with Crippen molar-refractivity contribution in [1.82, 2.24) is 4.90 Å². The van der Waals surface area contributed by atoms with E-state index < -0.39 is 0 Å². The van der Waals surface area contributed by atoms with Crippen molar-refractivity contribution in [2.45, 2.75) is 72.3 Å². The molecule has 1 aromatic rings. The summed E-state index contributed by atoms with van der Waals surface area (Å²) in [6.45, 7) is 9.38. The lowest BCUT2D eigenvalue weighted by atomic mass is 9.71. The van der Waals surface area contributed by atoms with Gasteiger partial charge in [0.1, 0.15) is 0 Å². The molecule has 0 bridgehead atoms. The van der Waals surface area contributed by atoms with Gasteiger partial charge < -0.3 is 4.90 Å². The molecule has 136 valence electrons. The van der Waals surface area contributed by atoms with E-state index in [-0.39, 0.29) is 0 Å². The van der Waals surface area contributed by atoms with Crippen molar-refractivity contribution < 1.29 is 0 Å². The molecule has 0 aromatic heterocycles. The molecule has 1 aliphatic carbocycles. The minimum atomic E-state index is 0.345. The van der Waals surface area contributed by atoms with E-state index >= 15 is 0 Å². The molecule has 1 aliphatic rings. The van der Waals surface area contributed by atoms with E-state index in [0.717, 1.165) is 31.6 Å². The highest BCUT2D eigenvalue weighted by atomic mass is 15.1. The average molecular weight is 339 g/mol. The minimum Gasteiger partial charge on any atom is -0.375 e. The van der Waals surface area contributed by atoms with Gasteiger partial charge in [0, 0.05) is 25.2 Å². The predicted molar refractivity (Wildman–Crippen MR) is 106 cm³/mol. The second-order valence-electron chi connectivity index (χ2n) is 8.66. The molecule has 25 heavy (non-hydrogen) atoms. The number of rotatable bonds is 6. The smallest absolute Gasteiger partial charge is 0.0625 e. The predicted octanol–water partition coefficient (Wildman–Crippen LogP) is 5.95. The summed E-state index contributed by atoms with van der Waals surface area (Å²) in [6.07, 6.45) is 6.20. The van der Waals surface area contributed by atoms with E-state index in [1.807, 2.05) is 0 Å². The first-order valence-corrected chi connectivity index (χ1v) is 9.67.